The number of likely N-dealkylation sites (N-methyl/N-ethyl adjacent to an activating group) is 1. The van der Waals surface area contributed by atoms with Gasteiger partial charge in [0.15, 0.2) is 5.75 Å². The van der Waals surface area contributed by atoms with Crippen LogP contribution in [-0.4, -0.2) is 31.5 Å². The second-order valence-electron chi connectivity index (χ2n) is 4.28. The van der Waals surface area contributed by atoms with E-state index in [0.29, 0.717) is 27.4 Å². The van der Waals surface area contributed by atoms with Crippen LogP contribution in [-0.2, 0) is 4.79 Å². The van der Waals surface area contributed by atoms with Gasteiger partial charge in [-0.1, -0.05) is 24.3 Å². The quantitative estimate of drug-likeness (QED) is 0.452. The molecule has 21 heavy (non-hydrogen) atoms. The average molecular weight is 370 g/mol. The minimum absolute atomic E-state index is 0.0303. The summed E-state index contributed by atoms with van der Waals surface area (Å²) in [7, 11) is 3.17. The van der Waals surface area contributed by atoms with Gasteiger partial charge in [-0.05, 0) is 39.7 Å². The summed E-state index contributed by atoms with van der Waals surface area (Å²) < 4.78 is 6.07. The molecule has 0 N–H and O–H groups in total. The molecule has 0 fully saturated rings. The zero-order chi connectivity index (χ0) is 16.0. The number of nitrogens with zero attached hydrogens (tertiary/aromatic N) is 2. The van der Waals surface area contributed by atoms with Gasteiger partial charge in [-0.15, -0.1) is 0 Å². The van der Waals surface area contributed by atoms with Crippen LogP contribution in [0.25, 0.3) is 6.08 Å². The van der Waals surface area contributed by atoms with Crippen LogP contribution in [0.3, 0.4) is 0 Å². The Bertz CT molecular complexity index is 610. The average Bonchev–Trinajstić information content (AvgIpc) is 2.43. The predicted molar refractivity (Wildman–Crippen MR) is 87.1 cm³/mol. The van der Waals surface area contributed by atoms with Crippen molar-refractivity contribution in [2.75, 3.05) is 20.7 Å². The van der Waals surface area contributed by atoms with E-state index in [2.05, 4.69) is 22.5 Å². The number of ether oxygens (including phenoxy) is 1. The van der Waals surface area contributed by atoms with Gasteiger partial charge in [0.25, 0.3) is 5.91 Å². The molecule has 0 aromatic heterocycles. The lowest BCUT2D eigenvalue weighted by atomic mass is 10.1. The Morgan fingerprint density at radius 1 is 1.57 bits per heavy atom. The lowest BCUT2D eigenvalue weighted by Gasteiger charge is -2.11. The first-order valence-electron chi connectivity index (χ1n) is 5.97. The van der Waals surface area contributed by atoms with Crippen molar-refractivity contribution in [3.63, 3.8) is 0 Å². The van der Waals surface area contributed by atoms with Gasteiger partial charge >= 0.3 is 0 Å². The number of amides is 1. The molecule has 1 amide bonds. The molecular formula is C15H14BrClN2O2. The summed E-state index contributed by atoms with van der Waals surface area (Å²) in [4.78, 5) is 13.2. The molecule has 0 unspecified atom stereocenters. The molecule has 0 spiro atoms. The Kier molecular flexibility index (Phi) is 6.47. The second kappa shape index (κ2) is 7.87. The lowest BCUT2D eigenvalue weighted by molar-refractivity contribution is -0.124. The van der Waals surface area contributed by atoms with Crippen LogP contribution in [0.2, 0.25) is 5.02 Å². The first kappa shape index (κ1) is 17.3. The Hall–Kier alpha value is -1.77. The Morgan fingerprint density at radius 3 is 2.71 bits per heavy atom. The number of halogens is 2. The number of carbonyl (C=O) groups is 1. The highest BCUT2D eigenvalue weighted by Crippen LogP contribution is 2.35. The van der Waals surface area contributed by atoms with Gasteiger partial charge in [0.1, 0.15) is 18.2 Å². The van der Waals surface area contributed by atoms with Gasteiger partial charge in [-0.3, -0.25) is 4.79 Å². The van der Waals surface area contributed by atoms with E-state index in [1.165, 1.54) is 11.0 Å². The minimum atomic E-state index is -0.364. The van der Waals surface area contributed by atoms with E-state index >= 15 is 0 Å². The Balaban J connectivity index is 3.19. The molecule has 0 aliphatic carbocycles. The first-order valence-corrected chi connectivity index (χ1v) is 7.14. The van der Waals surface area contributed by atoms with Crippen molar-refractivity contribution >= 4 is 39.5 Å². The molecule has 0 heterocycles. The van der Waals surface area contributed by atoms with Crippen molar-refractivity contribution in [3.8, 4) is 11.8 Å². The Morgan fingerprint density at radius 2 is 2.24 bits per heavy atom. The lowest BCUT2D eigenvalue weighted by Crippen LogP contribution is -2.22. The van der Waals surface area contributed by atoms with E-state index in [-0.39, 0.29) is 11.5 Å². The molecule has 0 atom stereocenters. The van der Waals surface area contributed by atoms with Gasteiger partial charge in [0.2, 0.25) is 0 Å². The van der Waals surface area contributed by atoms with Crippen molar-refractivity contribution in [3.05, 3.63) is 45.4 Å². The maximum atomic E-state index is 11.8. The molecule has 4 nitrogen and oxygen atoms in total. The fraction of sp³-hybridized carbons (Fsp3) is 0.200. The maximum absolute atomic E-state index is 11.8. The molecule has 1 aromatic rings. The molecule has 0 aliphatic rings. The van der Waals surface area contributed by atoms with E-state index in [0.717, 1.165) is 0 Å². The fourth-order valence-corrected chi connectivity index (χ4v) is 2.48. The number of carbonyl (C=O) groups excluding carboxylic acids is 1. The number of hydrogen-bond acceptors (Lipinski definition) is 3. The van der Waals surface area contributed by atoms with Crippen molar-refractivity contribution in [2.24, 2.45) is 0 Å². The maximum Gasteiger partial charge on any atom is 0.264 e. The fourth-order valence-electron chi connectivity index (χ4n) is 1.49. The molecule has 0 aliphatic heterocycles. The highest BCUT2D eigenvalue weighted by molar-refractivity contribution is 9.10. The zero-order valence-electron chi connectivity index (χ0n) is 11.7. The van der Waals surface area contributed by atoms with Crippen LogP contribution in [0, 0.1) is 11.3 Å². The minimum Gasteiger partial charge on any atom is -0.487 e. The van der Waals surface area contributed by atoms with Crippen LogP contribution in [0.1, 0.15) is 5.56 Å². The summed E-state index contributed by atoms with van der Waals surface area (Å²) in [6.07, 6.45) is 3.09. The molecule has 6 heteroatoms. The van der Waals surface area contributed by atoms with Crippen LogP contribution < -0.4 is 4.74 Å². The van der Waals surface area contributed by atoms with Crippen LogP contribution >= 0.6 is 27.5 Å². The SMILES string of the molecule is C=CCOc1c(Cl)cc(/C=C(/C#N)C(=O)N(C)C)cc1Br. The second-order valence-corrected chi connectivity index (χ2v) is 5.54. The topological polar surface area (TPSA) is 53.3 Å². The number of rotatable bonds is 5. The van der Waals surface area contributed by atoms with Crippen molar-refractivity contribution in [1.82, 2.24) is 4.90 Å². The van der Waals surface area contributed by atoms with Crippen LogP contribution in [0.5, 0.6) is 5.75 Å². The molecule has 0 radical (unpaired) electrons. The molecule has 0 saturated carbocycles. The van der Waals surface area contributed by atoms with E-state index in [1.54, 1.807) is 32.3 Å². The van der Waals surface area contributed by atoms with E-state index < -0.39 is 0 Å². The van der Waals surface area contributed by atoms with Gasteiger partial charge in [0.05, 0.1) is 9.50 Å². The molecule has 0 saturated heterocycles. The Labute approximate surface area is 137 Å². The van der Waals surface area contributed by atoms with Gasteiger partial charge in [-0.25, -0.2) is 0 Å². The number of hydrogen-bond donors (Lipinski definition) is 0. The summed E-state index contributed by atoms with van der Waals surface area (Å²) >= 11 is 9.50. The van der Waals surface area contributed by atoms with Crippen molar-refractivity contribution in [2.45, 2.75) is 0 Å². The molecule has 1 rings (SSSR count). The van der Waals surface area contributed by atoms with Crippen molar-refractivity contribution < 1.29 is 9.53 Å². The third-order valence-corrected chi connectivity index (χ3v) is 3.30. The van der Waals surface area contributed by atoms with Crippen molar-refractivity contribution in [1.29, 1.82) is 5.26 Å². The smallest absolute Gasteiger partial charge is 0.264 e. The largest absolute Gasteiger partial charge is 0.487 e. The van der Waals surface area contributed by atoms with E-state index in [4.69, 9.17) is 21.6 Å². The van der Waals surface area contributed by atoms with Crippen LogP contribution in [0.4, 0.5) is 0 Å². The highest BCUT2D eigenvalue weighted by atomic mass is 79.9. The third-order valence-electron chi connectivity index (χ3n) is 2.43. The van der Waals surface area contributed by atoms with E-state index in [1.807, 2.05) is 6.07 Å². The monoisotopic (exact) mass is 368 g/mol. The molecular weight excluding hydrogens is 356 g/mol. The summed E-state index contributed by atoms with van der Waals surface area (Å²) in [5.74, 6) is 0.128. The summed E-state index contributed by atoms with van der Waals surface area (Å²) in [6.45, 7) is 3.90. The zero-order valence-corrected chi connectivity index (χ0v) is 14.0. The molecule has 110 valence electrons. The normalized spacial score (nSPS) is 10.7. The standard InChI is InChI=1S/C15H14BrClN2O2/c1-4-5-21-14-12(16)7-10(8-13(14)17)6-11(9-18)15(20)19(2)3/h4,6-8H,1,5H2,2-3H3/b11-6-. The van der Waals surface area contributed by atoms with Crippen LogP contribution in [0.15, 0.2) is 34.8 Å². The third kappa shape index (κ3) is 4.62. The van der Waals surface area contributed by atoms with E-state index in [9.17, 15) is 4.79 Å². The molecule has 0 bridgehead atoms. The van der Waals surface area contributed by atoms with Gasteiger partial charge < -0.3 is 9.64 Å². The summed E-state index contributed by atoms with van der Waals surface area (Å²) in [5.41, 5.74) is 0.660. The summed E-state index contributed by atoms with van der Waals surface area (Å²) in [6, 6.07) is 5.24. The summed E-state index contributed by atoms with van der Waals surface area (Å²) in [5, 5.41) is 9.45. The highest BCUT2D eigenvalue weighted by Gasteiger charge is 2.13. The van der Waals surface area contributed by atoms with Gasteiger partial charge in [0, 0.05) is 14.1 Å². The van der Waals surface area contributed by atoms with Gasteiger partial charge in [-0.2, -0.15) is 5.26 Å². The molecule has 1 aromatic carbocycles. The predicted octanol–water partition coefficient (Wildman–Crippen LogP) is 3.66. The first-order chi connectivity index (χ1) is 9.90. The number of nitriles is 1. The number of benzene rings is 1.